The number of carbonyl (C=O) groups excluding carboxylic acids is 3. The van der Waals surface area contributed by atoms with E-state index in [-0.39, 0.29) is 17.5 Å². The number of esters is 1. The van der Waals surface area contributed by atoms with Gasteiger partial charge >= 0.3 is 12.0 Å². The number of fused-ring (bicyclic) bond motifs is 1. The first-order valence-electron chi connectivity index (χ1n) is 10.8. The van der Waals surface area contributed by atoms with Crippen molar-refractivity contribution in [3.8, 4) is 0 Å². The number of amides is 3. The topological polar surface area (TPSA) is 134 Å². The average Bonchev–Trinajstić information content (AvgIpc) is 3.38. The number of carbonyl (C=O) groups is 3. The van der Waals surface area contributed by atoms with Crippen molar-refractivity contribution in [1.82, 2.24) is 15.5 Å². The third-order valence-corrected chi connectivity index (χ3v) is 7.28. The highest BCUT2D eigenvalue weighted by atomic mass is 32.2. The van der Waals surface area contributed by atoms with Crippen LogP contribution in [0.4, 0.5) is 4.79 Å². The maximum atomic E-state index is 12.5. The Labute approximate surface area is 186 Å². The lowest BCUT2D eigenvalue weighted by Crippen LogP contribution is -2.46. The van der Waals surface area contributed by atoms with E-state index >= 15 is 0 Å². The fourth-order valence-electron chi connectivity index (χ4n) is 4.39. The smallest absolute Gasteiger partial charge is 0.321 e. The molecule has 0 bridgehead atoms. The van der Waals surface area contributed by atoms with Crippen molar-refractivity contribution in [1.29, 1.82) is 0 Å². The third kappa shape index (κ3) is 4.93. The molecular formula is C21H26N4O6S. The molecule has 2 N–H and O–H groups in total. The number of rotatable bonds is 4. The average molecular weight is 463 g/mol. The van der Waals surface area contributed by atoms with Crippen molar-refractivity contribution in [2.75, 3.05) is 19.7 Å². The highest BCUT2D eigenvalue weighted by Gasteiger charge is 2.35. The van der Waals surface area contributed by atoms with Crippen LogP contribution >= 0.6 is 0 Å². The first-order chi connectivity index (χ1) is 15.3. The van der Waals surface area contributed by atoms with E-state index in [4.69, 9.17) is 4.74 Å². The SMILES string of the molecule is O=C(COC(=O)[C@H]1CCCN(C2=NS(=O)(=O)c3ccccc32)C1)NC(=O)NC1CCCC1. The minimum Gasteiger partial charge on any atom is -0.455 e. The van der Waals surface area contributed by atoms with Gasteiger partial charge in [-0.2, -0.15) is 8.42 Å². The van der Waals surface area contributed by atoms with Crippen LogP contribution in [0.3, 0.4) is 0 Å². The number of hydrogen-bond donors (Lipinski definition) is 2. The molecule has 2 aliphatic heterocycles. The number of imide groups is 1. The van der Waals surface area contributed by atoms with Crippen molar-refractivity contribution < 1.29 is 27.5 Å². The van der Waals surface area contributed by atoms with Crippen LogP contribution in [-0.2, 0) is 24.3 Å². The molecule has 11 heteroatoms. The van der Waals surface area contributed by atoms with Gasteiger partial charge in [0.25, 0.3) is 15.9 Å². The number of piperidine rings is 1. The monoisotopic (exact) mass is 462 g/mol. The van der Waals surface area contributed by atoms with Crippen molar-refractivity contribution in [3.63, 3.8) is 0 Å². The van der Waals surface area contributed by atoms with Gasteiger partial charge in [0.1, 0.15) is 4.90 Å². The molecule has 4 rings (SSSR count). The van der Waals surface area contributed by atoms with Crippen LogP contribution in [0.15, 0.2) is 33.6 Å². The molecule has 172 valence electrons. The van der Waals surface area contributed by atoms with Crippen LogP contribution in [0, 0.1) is 5.92 Å². The lowest BCUT2D eigenvalue weighted by Gasteiger charge is -2.32. The molecule has 1 aromatic carbocycles. The van der Waals surface area contributed by atoms with Gasteiger partial charge < -0.3 is 15.0 Å². The molecule has 1 saturated carbocycles. The summed E-state index contributed by atoms with van der Waals surface area (Å²) in [7, 11) is -3.74. The van der Waals surface area contributed by atoms with Gasteiger partial charge in [0.15, 0.2) is 12.4 Å². The van der Waals surface area contributed by atoms with E-state index < -0.39 is 40.5 Å². The van der Waals surface area contributed by atoms with Crippen molar-refractivity contribution in [3.05, 3.63) is 29.8 Å². The van der Waals surface area contributed by atoms with E-state index in [0.717, 1.165) is 25.7 Å². The van der Waals surface area contributed by atoms with E-state index in [1.54, 1.807) is 23.1 Å². The van der Waals surface area contributed by atoms with E-state index in [1.807, 2.05) is 0 Å². The summed E-state index contributed by atoms with van der Waals surface area (Å²) in [6, 6.07) is 6.09. The lowest BCUT2D eigenvalue weighted by atomic mass is 9.97. The Bertz CT molecular complexity index is 1050. The van der Waals surface area contributed by atoms with E-state index in [2.05, 4.69) is 15.0 Å². The zero-order chi connectivity index (χ0) is 22.7. The number of benzene rings is 1. The first kappa shape index (κ1) is 22.3. The van der Waals surface area contributed by atoms with Gasteiger partial charge in [0.05, 0.1) is 5.92 Å². The number of nitrogens with one attached hydrogen (secondary N) is 2. The summed E-state index contributed by atoms with van der Waals surface area (Å²) in [5.74, 6) is -1.45. The fourth-order valence-corrected chi connectivity index (χ4v) is 5.61. The van der Waals surface area contributed by atoms with Gasteiger partial charge in [-0.1, -0.05) is 25.0 Å². The van der Waals surface area contributed by atoms with Crippen LogP contribution in [-0.4, -0.2) is 62.8 Å². The summed E-state index contributed by atoms with van der Waals surface area (Å²) in [6.45, 7) is 0.255. The molecule has 2 fully saturated rings. The minimum absolute atomic E-state index is 0.0750. The normalized spacial score (nSPS) is 22.1. The van der Waals surface area contributed by atoms with E-state index in [1.165, 1.54) is 6.07 Å². The van der Waals surface area contributed by atoms with Crippen molar-refractivity contribution in [2.24, 2.45) is 10.3 Å². The number of likely N-dealkylation sites (tertiary alicyclic amines) is 1. The molecule has 10 nitrogen and oxygen atoms in total. The summed E-state index contributed by atoms with van der Waals surface area (Å²) < 4.78 is 33.7. The van der Waals surface area contributed by atoms with Crippen LogP contribution in [0.1, 0.15) is 44.1 Å². The summed E-state index contributed by atoms with van der Waals surface area (Å²) in [6.07, 6.45) is 5.10. The van der Waals surface area contributed by atoms with Gasteiger partial charge in [-0.15, -0.1) is 4.40 Å². The molecular weight excluding hydrogens is 436 g/mol. The Kier molecular flexibility index (Phi) is 6.45. The first-order valence-corrected chi connectivity index (χ1v) is 12.2. The maximum absolute atomic E-state index is 12.5. The summed E-state index contributed by atoms with van der Waals surface area (Å²) in [5.41, 5.74) is 0.522. The molecule has 3 amide bonds. The maximum Gasteiger partial charge on any atom is 0.321 e. The second kappa shape index (κ2) is 9.27. The second-order valence-electron chi connectivity index (χ2n) is 8.28. The molecule has 1 saturated heterocycles. The standard InChI is InChI=1S/C21H26N4O6S/c26-18(23-21(28)22-15-7-1-2-8-15)13-31-20(27)14-6-5-11-25(12-14)19-16-9-3-4-10-17(16)32(29,30)24-19/h3-4,9-10,14-15H,1-2,5-8,11-13H2,(H2,22,23,26,28)/t14-/m0/s1. The fraction of sp³-hybridized carbons (Fsp3) is 0.524. The van der Waals surface area contributed by atoms with Crippen LogP contribution in [0.2, 0.25) is 0 Å². The van der Waals surface area contributed by atoms with Crippen LogP contribution in [0.25, 0.3) is 0 Å². The summed E-state index contributed by atoms with van der Waals surface area (Å²) in [4.78, 5) is 38.2. The number of urea groups is 1. The Morgan fingerprint density at radius 3 is 2.62 bits per heavy atom. The van der Waals surface area contributed by atoms with Gasteiger partial charge in [-0.25, -0.2) is 4.79 Å². The number of amidine groups is 1. The molecule has 0 spiro atoms. The molecule has 1 aliphatic carbocycles. The molecule has 1 aromatic rings. The predicted molar refractivity (Wildman–Crippen MR) is 114 cm³/mol. The molecule has 0 radical (unpaired) electrons. The third-order valence-electron chi connectivity index (χ3n) is 5.96. The second-order valence-corrected chi connectivity index (χ2v) is 9.85. The Hall–Kier alpha value is -2.95. The summed E-state index contributed by atoms with van der Waals surface area (Å²) in [5, 5.41) is 4.91. The highest BCUT2D eigenvalue weighted by molar-refractivity contribution is 7.90. The lowest BCUT2D eigenvalue weighted by molar-refractivity contribution is -0.153. The van der Waals surface area contributed by atoms with Gasteiger partial charge in [-0.05, 0) is 37.8 Å². The molecule has 0 unspecified atom stereocenters. The largest absolute Gasteiger partial charge is 0.455 e. The molecule has 0 aromatic heterocycles. The zero-order valence-electron chi connectivity index (χ0n) is 17.6. The molecule has 3 aliphatic rings. The Morgan fingerprint density at radius 1 is 1.09 bits per heavy atom. The van der Waals surface area contributed by atoms with Gasteiger partial charge in [-0.3, -0.25) is 14.9 Å². The minimum atomic E-state index is -3.74. The van der Waals surface area contributed by atoms with E-state index in [9.17, 15) is 22.8 Å². The van der Waals surface area contributed by atoms with Crippen molar-refractivity contribution in [2.45, 2.75) is 49.5 Å². The van der Waals surface area contributed by atoms with Gasteiger partial charge in [0.2, 0.25) is 0 Å². The number of ether oxygens (including phenoxy) is 1. The highest BCUT2D eigenvalue weighted by Crippen LogP contribution is 2.30. The quantitative estimate of drug-likeness (QED) is 0.641. The van der Waals surface area contributed by atoms with E-state index in [0.29, 0.717) is 30.8 Å². The molecule has 2 heterocycles. The predicted octanol–water partition coefficient (Wildman–Crippen LogP) is 1.16. The molecule has 1 atom stereocenters. The number of nitrogens with zero attached hydrogens (tertiary/aromatic N) is 2. The number of hydrogen-bond acceptors (Lipinski definition) is 7. The molecule has 32 heavy (non-hydrogen) atoms. The van der Waals surface area contributed by atoms with Crippen LogP contribution < -0.4 is 10.6 Å². The van der Waals surface area contributed by atoms with Crippen molar-refractivity contribution >= 4 is 33.8 Å². The Balaban J connectivity index is 1.29. The Morgan fingerprint density at radius 2 is 1.84 bits per heavy atom. The zero-order valence-corrected chi connectivity index (χ0v) is 18.4. The number of sulfonamides is 1. The van der Waals surface area contributed by atoms with Crippen LogP contribution in [0.5, 0.6) is 0 Å². The van der Waals surface area contributed by atoms with Gasteiger partial charge in [0, 0.05) is 24.7 Å². The summed E-state index contributed by atoms with van der Waals surface area (Å²) >= 11 is 0.